The third-order valence-electron chi connectivity index (χ3n) is 3.62. The summed E-state index contributed by atoms with van der Waals surface area (Å²) in [5.74, 6) is 1.72. The summed E-state index contributed by atoms with van der Waals surface area (Å²) >= 11 is 0. The molecule has 1 aromatic rings. The van der Waals surface area contributed by atoms with E-state index < -0.39 is 0 Å². The van der Waals surface area contributed by atoms with Crippen LogP contribution in [0, 0.1) is 0 Å². The van der Waals surface area contributed by atoms with E-state index >= 15 is 0 Å². The maximum absolute atomic E-state index is 12.1. The van der Waals surface area contributed by atoms with E-state index in [0.29, 0.717) is 25.3 Å². The van der Waals surface area contributed by atoms with Gasteiger partial charge in [-0.3, -0.25) is 4.79 Å². The largest absolute Gasteiger partial charge is 0.493 e. The summed E-state index contributed by atoms with van der Waals surface area (Å²) in [7, 11) is 0. The Balaban J connectivity index is 1.62. The highest BCUT2D eigenvalue weighted by Gasteiger charge is 2.25. The molecular formula is C15H18N2O3. The molecule has 0 saturated carbocycles. The lowest BCUT2D eigenvalue weighted by atomic mass is 9.90. The van der Waals surface area contributed by atoms with Gasteiger partial charge in [-0.2, -0.15) is 0 Å². The Morgan fingerprint density at radius 2 is 2.30 bits per heavy atom. The number of rotatable bonds is 2. The molecule has 5 nitrogen and oxygen atoms in total. The van der Waals surface area contributed by atoms with Gasteiger partial charge in [0.1, 0.15) is 11.9 Å². The third kappa shape index (κ3) is 2.76. The van der Waals surface area contributed by atoms with Crippen LogP contribution in [0.15, 0.2) is 29.4 Å². The van der Waals surface area contributed by atoms with Crippen molar-refractivity contribution in [3.8, 4) is 5.75 Å². The predicted octanol–water partition coefficient (Wildman–Crippen LogP) is 2.18. The first-order valence-corrected chi connectivity index (χ1v) is 6.96. The number of ether oxygens (including phenoxy) is 1. The lowest BCUT2D eigenvalue weighted by Gasteiger charge is -2.25. The van der Waals surface area contributed by atoms with E-state index in [2.05, 4.69) is 10.5 Å². The van der Waals surface area contributed by atoms with Crippen LogP contribution in [0.3, 0.4) is 0 Å². The Morgan fingerprint density at radius 3 is 3.10 bits per heavy atom. The smallest absolute Gasteiger partial charge is 0.225 e. The van der Waals surface area contributed by atoms with E-state index in [1.807, 2.05) is 31.2 Å². The highest BCUT2D eigenvalue weighted by atomic mass is 16.6. The summed E-state index contributed by atoms with van der Waals surface area (Å²) in [4.78, 5) is 17.2. The Labute approximate surface area is 117 Å². The summed E-state index contributed by atoms with van der Waals surface area (Å²) in [6.07, 6.45) is 2.03. The molecule has 2 unspecified atom stereocenters. The first kappa shape index (κ1) is 13.0. The van der Waals surface area contributed by atoms with Gasteiger partial charge in [0.05, 0.1) is 6.61 Å². The molecular weight excluding hydrogens is 256 g/mol. The average molecular weight is 274 g/mol. The fourth-order valence-electron chi connectivity index (χ4n) is 2.64. The summed E-state index contributed by atoms with van der Waals surface area (Å²) in [6, 6.07) is 7.92. The molecule has 0 aliphatic carbocycles. The molecule has 2 aliphatic heterocycles. The second kappa shape index (κ2) is 5.53. The first-order valence-electron chi connectivity index (χ1n) is 6.96. The minimum Gasteiger partial charge on any atom is -0.493 e. The van der Waals surface area contributed by atoms with Gasteiger partial charge in [-0.1, -0.05) is 23.4 Å². The van der Waals surface area contributed by atoms with Gasteiger partial charge in [0.2, 0.25) is 5.91 Å². The second-order valence-corrected chi connectivity index (χ2v) is 5.28. The lowest BCUT2D eigenvalue weighted by molar-refractivity contribution is -0.120. The molecule has 5 heteroatoms. The van der Waals surface area contributed by atoms with E-state index in [9.17, 15) is 4.79 Å². The van der Waals surface area contributed by atoms with E-state index in [1.54, 1.807) is 0 Å². The van der Waals surface area contributed by atoms with Crippen LogP contribution in [-0.4, -0.2) is 24.5 Å². The number of carbonyl (C=O) groups is 1. The van der Waals surface area contributed by atoms with Gasteiger partial charge >= 0.3 is 0 Å². The third-order valence-corrected chi connectivity index (χ3v) is 3.62. The summed E-state index contributed by atoms with van der Waals surface area (Å²) < 4.78 is 5.61. The molecule has 2 atom stereocenters. The number of para-hydroxylation sites is 1. The Morgan fingerprint density at radius 1 is 1.45 bits per heavy atom. The summed E-state index contributed by atoms with van der Waals surface area (Å²) in [6.45, 7) is 2.59. The van der Waals surface area contributed by atoms with Gasteiger partial charge in [-0.05, 0) is 30.9 Å². The van der Waals surface area contributed by atoms with Gasteiger partial charge in [-0.15, -0.1) is 0 Å². The monoisotopic (exact) mass is 274 g/mol. The van der Waals surface area contributed by atoms with Crippen LogP contribution in [0.4, 0.5) is 0 Å². The van der Waals surface area contributed by atoms with Gasteiger partial charge < -0.3 is 14.9 Å². The number of hydrogen-bond donors (Lipinski definition) is 1. The van der Waals surface area contributed by atoms with Crippen molar-refractivity contribution in [1.82, 2.24) is 5.32 Å². The van der Waals surface area contributed by atoms with Crippen molar-refractivity contribution in [2.24, 2.45) is 5.16 Å². The zero-order valence-electron chi connectivity index (χ0n) is 11.5. The molecule has 0 fully saturated rings. The van der Waals surface area contributed by atoms with Crippen molar-refractivity contribution in [2.45, 2.75) is 38.2 Å². The van der Waals surface area contributed by atoms with Crippen LogP contribution in [0.5, 0.6) is 5.75 Å². The number of carbonyl (C=O) groups excluding carboxylic acids is 1. The van der Waals surface area contributed by atoms with Crippen molar-refractivity contribution in [1.29, 1.82) is 0 Å². The molecule has 2 aliphatic rings. The Kier molecular flexibility index (Phi) is 3.58. The first-order chi connectivity index (χ1) is 9.72. The second-order valence-electron chi connectivity index (χ2n) is 5.28. The van der Waals surface area contributed by atoms with Gasteiger partial charge in [0, 0.05) is 12.8 Å². The van der Waals surface area contributed by atoms with Crippen molar-refractivity contribution < 1.29 is 14.4 Å². The molecule has 0 bridgehead atoms. The number of nitrogens with one attached hydrogen (secondary N) is 1. The fraction of sp³-hybridized carbons (Fsp3) is 0.467. The molecule has 2 heterocycles. The molecule has 106 valence electrons. The van der Waals surface area contributed by atoms with E-state index in [1.165, 1.54) is 0 Å². The highest BCUT2D eigenvalue weighted by Crippen LogP contribution is 2.35. The maximum Gasteiger partial charge on any atom is 0.225 e. The van der Waals surface area contributed by atoms with Gasteiger partial charge in [0.15, 0.2) is 5.84 Å². The van der Waals surface area contributed by atoms with Crippen LogP contribution in [-0.2, 0) is 9.63 Å². The number of oxime groups is 1. The number of nitrogens with zero attached hydrogens (tertiary/aromatic N) is 1. The highest BCUT2D eigenvalue weighted by molar-refractivity contribution is 5.98. The minimum absolute atomic E-state index is 0.0110. The molecule has 1 aromatic carbocycles. The molecule has 20 heavy (non-hydrogen) atoms. The van der Waals surface area contributed by atoms with Crippen LogP contribution in [0.25, 0.3) is 0 Å². The van der Waals surface area contributed by atoms with Crippen LogP contribution >= 0.6 is 0 Å². The Bertz CT molecular complexity index is 542. The molecule has 1 amide bonds. The van der Waals surface area contributed by atoms with Crippen molar-refractivity contribution in [2.75, 3.05) is 6.61 Å². The number of amides is 1. The predicted molar refractivity (Wildman–Crippen MR) is 74.7 cm³/mol. The summed E-state index contributed by atoms with van der Waals surface area (Å²) in [5.41, 5.74) is 1.12. The molecule has 3 rings (SSSR count). The normalized spacial score (nSPS) is 24.1. The average Bonchev–Trinajstić information content (AvgIpc) is 2.84. The molecule has 0 spiro atoms. The van der Waals surface area contributed by atoms with Crippen LogP contribution in [0.2, 0.25) is 0 Å². The zero-order chi connectivity index (χ0) is 13.9. The molecule has 1 N–H and O–H groups in total. The van der Waals surface area contributed by atoms with Crippen molar-refractivity contribution in [3.63, 3.8) is 0 Å². The van der Waals surface area contributed by atoms with E-state index in [-0.39, 0.29) is 17.9 Å². The minimum atomic E-state index is -0.0110. The SMILES string of the molecule is CC1CC(NC(=O)CC2CCOc3ccccc32)=NO1. The van der Waals surface area contributed by atoms with E-state index in [4.69, 9.17) is 9.57 Å². The lowest BCUT2D eigenvalue weighted by Crippen LogP contribution is -2.31. The molecule has 0 radical (unpaired) electrons. The maximum atomic E-state index is 12.1. The van der Waals surface area contributed by atoms with Gasteiger partial charge in [0.25, 0.3) is 0 Å². The van der Waals surface area contributed by atoms with Crippen LogP contribution in [0.1, 0.15) is 37.7 Å². The molecule has 0 aromatic heterocycles. The standard InChI is InChI=1S/C15H18N2O3/c1-10-8-14(17-20-10)16-15(18)9-11-6-7-19-13-5-3-2-4-12(11)13/h2-5,10-11H,6-9H2,1H3,(H,16,17,18). The van der Waals surface area contributed by atoms with Crippen molar-refractivity contribution in [3.05, 3.63) is 29.8 Å². The molecule has 0 saturated heterocycles. The van der Waals surface area contributed by atoms with Crippen molar-refractivity contribution >= 4 is 11.7 Å². The zero-order valence-corrected chi connectivity index (χ0v) is 11.5. The van der Waals surface area contributed by atoms with Gasteiger partial charge in [-0.25, -0.2) is 0 Å². The fourth-order valence-corrected chi connectivity index (χ4v) is 2.64. The number of hydrogen-bond acceptors (Lipinski definition) is 4. The number of amidine groups is 1. The van der Waals surface area contributed by atoms with Crippen LogP contribution < -0.4 is 10.1 Å². The quantitative estimate of drug-likeness (QED) is 0.899. The number of fused-ring (bicyclic) bond motifs is 1. The number of benzene rings is 1. The summed E-state index contributed by atoms with van der Waals surface area (Å²) in [5, 5.41) is 6.69. The van der Waals surface area contributed by atoms with E-state index in [0.717, 1.165) is 17.7 Å². The Hall–Kier alpha value is -2.04. The topological polar surface area (TPSA) is 59.9 Å².